The van der Waals surface area contributed by atoms with Crippen LogP contribution in [0.1, 0.15) is 31.7 Å². The van der Waals surface area contributed by atoms with E-state index in [-0.39, 0.29) is 29.6 Å². The van der Waals surface area contributed by atoms with Gasteiger partial charge in [-0.15, -0.1) is 0 Å². The Morgan fingerprint density at radius 1 is 1.31 bits per heavy atom. The number of anilines is 1. The van der Waals surface area contributed by atoms with E-state index in [1.165, 1.54) is 35.3 Å². The summed E-state index contributed by atoms with van der Waals surface area (Å²) >= 11 is 1.19. The molecule has 2 N–H and O–H groups in total. The lowest BCUT2D eigenvalue weighted by Crippen LogP contribution is -2.35. The molecule has 1 fully saturated rings. The van der Waals surface area contributed by atoms with Crippen LogP contribution in [0.25, 0.3) is 10.3 Å². The van der Waals surface area contributed by atoms with E-state index in [9.17, 15) is 18.0 Å². The van der Waals surface area contributed by atoms with Gasteiger partial charge in [-0.25, -0.2) is 18.4 Å². The average Bonchev–Trinajstić information content (AvgIpc) is 3.28. The molecular weight excluding hydrogens is 508 g/mol. The molecule has 194 valence electrons. The van der Waals surface area contributed by atoms with Crippen LogP contribution in [0.4, 0.5) is 5.13 Å². The van der Waals surface area contributed by atoms with Crippen molar-refractivity contribution >= 4 is 42.6 Å². The van der Waals surface area contributed by atoms with Gasteiger partial charge >= 0.3 is 0 Å². The predicted molar refractivity (Wildman–Crippen MR) is 134 cm³/mol. The van der Waals surface area contributed by atoms with Gasteiger partial charge in [0.1, 0.15) is 16.4 Å². The number of carbonyl (C=O) groups excluding carboxylic acids is 1. The van der Waals surface area contributed by atoms with E-state index in [4.69, 9.17) is 14.6 Å². The van der Waals surface area contributed by atoms with Gasteiger partial charge in [0.15, 0.2) is 15.0 Å². The van der Waals surface area contributed by atoms with Crippen molar-refractivity contribution in [1.82, 2.24) is 14.5 Å². The molecule has 0 spiro atoms. The Morgan fingerprint density at radius 3 is 2.78 bits per heavy atom. The van der Waals surface area contributed by atoms with Crippen molar-refractivity contribution in [2.75, 3.05) is 38.0 Å². The average molecular weight is 537 g/mol. The summed E-state index contributed by atoms with van der Waals surface area (Å²) in [6.07, 6.45) is 3.34. The summed E-state index contributed by atoms with van der Waals surface area (Å²) in [7, 11) is -2.21. The number of nitrogens with one attached hydrogen (secondary N) is 1. The summed E-state index contributed by atoms with van der Waals surface area (Å²) < 4.78 is 36.8. The fourth-order valence-electron chi connectivity index (χ4n) is 4.10. The first-order valence-electron chi connectivity index (χ1n) is 11.6. The highest BCUT2D eigenvalue weighted by Gasteiger charge is 2.28. The van der Waals surface area contributed by atoms with E-state index < -0.39 is 27.3 Å². The second kappa shape index (κ2) is 11.5. The van der Waals surface area contributed by atoms with Crippen molar-refractivity contribution in [2.24, 2.45) is 5.92 Å². The number of ether oxygens (including phenoxy) is 2. The third-order valence-electron chi connectivity index (χ3n) is 6.06. The van der Waals surface area contributed by atoms with Gasteiger partial charge in [-0.2, -0.15) is 0 Å². The maximum absolute atomic E-state index is 13.4. The number of nitrogens with zero attached hydrogens (tertiary/aromatic N) is 3. The predicted octanol–water partition coefficient (Wildman–Crippen LogP) is 2.01. The molecule has 11 nitrogen and oxygen atoms in total. The summed E-state index contributed by atoms with van der Waals surface area (Å²) in [6, 6.07) is 4.91. The smallest absolute Gasteiger partial charge is 0.252 e. The maximum atomic E-state index is 13.4. The van der Waals surface area contributed by atoms with Gasteiger partial charge in [-0.3, -0.25) is 9.59 Å². The third kappa shape index (κ3) is 6.09. The van der Waals surface area contributed by atoms with Crippen molar-refractivity contribution in [1.29, 1.82) is 0 Å². The molecule has 0 bridgehead atoms. The number of hydrogen-bond acceptors (Lipinski definition) is 10. The highest BCUT2D eigenvalue weighted by molar-refractivity contribution is 7.91. The van der Waals surface area contributed by atoms with Crippen LogP contribution in [-0.2, 0) is 19.4 Å². The van der Waals surface area contributed by atoms with Crippen LogP contribution in [0.5, 0.6) is 5.88 Å². The van der Waals surface area contributed by atoms with Crippen molar-refractivity contribution < 1.29 is 27.8 Å². The number of pyridine rings is 2. The Kier molecular flexibility index (Phi) is 8.34. The fraction of sp³-hybridized carbons (Fsp3) is 0.478. The van der Waals surface area contributed by atoms with Gasteiger partial charge in [0.2, 0.25) is 11.8 Å². The van der Waals surface area contributed by atoms with Crippen LogP contribution in [-0.4, -0.2) is 66.6 Å². The Balaban J connectivity index is 1.62. The van der Waals surface area contributed by atoms with Gasteiger partial charge in [0, 0.05) is 38.2 Å². The number of hydrogen-bond donors (Lipinski definition) is 2. The number of carbonyl (C=O) groups is 1. The van der Waals surface area contributed by atoms with Crippen molar-refractivity contribution in [3.63, 3.8) is 0 Å². The molecular formula is C23H28N4O7S2. The normalized spacial score (nSPS) is 15.6. The zero-order valence-corrected chi connectivity index (χ0v) is 21.4. The number of rotatable bonds is 10. The number of sulfone groups is 1. The third-order valence-corrected chi connectivity index (χ3v) is 8.73. The Morgan fingerprint density at radius 2 is 2.08 bits per heavy atom. The molecule has 13 heteroatoms. The number of methoxy groups -OCH3 is 1. The molecule has 0 radical (unpaired) electrons. The molecule has 1 saturated heterocycles. The summed E-state index contributed by atoms with van der Waals surface area (Å²) in [4.78, 5) is 35.7. The molecule has 1 aliphatic heterocycles. The zero-order valence-electron chi connectivity index (χ0n) is 19.8. The van der Waals surface area contributed by atoms with Crippen molar-refractivity contribution in [3.8, 4) is 5.88 Å². The molecule has 1 atom stereocenters. The summed E-state index contributed by atoms with van der Waals surface area (Å²) in [6.45, 7) is 0.903. The summed E-state index contributed by atoms with van der Waals surface area (Å²) in [5.74, 6) is -0.0989. The minimum atomic E-state index is -3.72. The molecule has 0 aliphatic carbocycles. The first kappa shape index (κ1) is 26.2. The highest BCUT2D eigenvalue weighted by Crippen LogP contribution is 2.29. The number of amides is 1. The second-order valence-corrected chi connectivity index (χ2v) is 11.6. The Hall–Kier alpha value is -2.87. The number of thiazole rings is 1. The number of aromatic nitrogens is 3. The Labute approximate surface area is 212 Å². The topological polar surface area (TPSA) is 150 Å². The van der Waals surface area contributed by atoms with E-state index in [0.717, 1.165) is 18.9 Å². The quantitative estimate of drug-likeness (QED) is 0.397. The second-order valence-electron chi connectivity index (χ2n) is 8.50. The van der Waals surface area contributed by atoms with Gasteiger partial charge in [0.25, 0.3) is 5.56 Å². The lowest BCUT2D eigenvalue weighted by Gasteiger charge is -2.27. The number of aliphatic hydroxyl groups excluding tert-OH is 1. The van der Waals surface area contributed by atoms with Crippen molar-refractivity contribution in [2.45, 2.75) is 36.6 Å². The van der Waals surface area contributed by atoms with Crippen LogP contribution in [0, 0.1) is 5.92 Å². The van der Waals surface area contributed by atoms with E-state index in [1.807, 2.05) is 0 Å². The van der Waals surface area contributed by atoms with Crippen molar-refractivity contribution in [3.05, 3.63) is 40.8 Å². The standard InChI is InChI=1S/C23H28N4O7S2/c1-33-19-4-3-17-22(25-19)35-23(24-17)26-21(30)18(13-15-6-10-34-11-7-15)27-8-5-16(14-20(27)29)36(31,32)12-2-9-28/h3-5,8,14-15,18,28H,2,6-7,9-13H2,1H3,(H,24,26,30)/t18-/m0/s1. The molecule has 0 aromatic carbocycles. The molecule has 36 heavy (non-hydrogen) atoms. The highest BCUT2D eigenvalue weighted by atomic mass is 32.2. The van der Waals surface area contributed by atoms with Crippen LogP contribution in [0.3, 0.4) is 0 Å². The van der Waals surface area contributed by atoms with Crippen LogP contribution in [0.15, 0.2) is 40.2 Å². The van der Waals surface area contributed by atoms with Crippen LogP contribution < -0.4 is 15.6 Å². The summed E-state index contributed by atoms with van der Waals surface area (Å²) in [5, 5.41) is 12.1. The fourth-order valence-corrected chi connectivity index (χ4v) is 6.22. The molecule has 3 aromatic rings. The largest absolute Gasteiger partial charge is 0.481 e. The van der Waals surface area contributed by atoms with Gasteiger partial charge in [-0.05, 0) is 43.7 Å². The molecule has 0 unspecified atom stereocenters. The molecule has 4 heterocycles. The Bertz CT molecular complexity index is 1380. The van der Waals surface area contributed by atoms with E-state index in [2.05, 4.69) is 15.3 Å². The zero-order chi connectivity index (χ0) is 25.7. The first-order chi connectivity index (χ1) is 17.3. The number of aliphatic hydroxyl groups is 1. The van der Waals surface area contributed by atoms with E-state index in [0.29, 0.717) is 41.0 Å². The molecule has 4 rings (SSSR count). The number of fused-ring (bicyclic) bond motifs is 1. The van der Waals surface area contributed by atoms with E-state index >= 15 is 0 Å². The van der Waals surface area contributed by atoms with Gasteiger partial charge < -0.3 is 24.5 Å². The van der Waals surface area contributed by atoms with E-state index in [1.54, 1.807) is 12.1 Å². The maximum Gasteiger partial charge on any atom is 0.252 e. The first-order valence-corrected chi connectivity index (χ1v) is 14.0. The molecule has 3 aromatic heterocycles. The lowest BCUT2D eigenvalue weighted by atomic mass is 9.92. The molecule has 0 saturated carbocycles. The summed E-state index contributed by atoms with van der Waals surface area (Å²) in [5.41, 5.74) is 0.00895. The van der Waals surface area contributed by atoms with Crippen LogP contribution >= 0.6 is 11.3 Å². The SMILES string of the molecule is COc1ccc2nc(NC(=O)[C@H](CC3CCOCC3)n3ccc(S(=O)(=O)CCCO)cc3=O)sc2n1. The van der Waals surface area contributed by atoms with Gasteiger partial charge in [0.05, 0.1) is 17.8 Å². The van der Waals surface area contributed by atoms with Crippen LogP contribution in [0.2, 0.25) is 0 Å². The monoisotopic (exact) mass is 536 g/mol. The lowest BCUT2D eigenvalue weighted by molar-refractivity contribution is -0.120. The molecule has 1 amide bonds. The minimum absolute atomic E-state index is 0.0725. The molecule has 1 aliphatic rings. The van der Waals surface area contributed by atoms with Gasteiger partial charge in [-0.1, -0.05) is 11.3 Å². The minimum Gasteiger partial charge on any atom is -0.481 e.